The second-order valence-electron chi connectivity index (χ2n) is 4.59. The van der Waals surface area contributed by atoms with Gasteiger partial charge in [-0.25, -0.2) is 0 Å². The third-order valence-corrected chi connectivity index (χ3v) is 3.04. The van der Waals surface area contributed by atoms with Gasteiger partial charge in [-0.05, 0) is 24.6 Å². The van der Waals surface area contributed by atoms with Crippen LogP contribution >= 0.6 is 0 Å². The van der Waals surface area contributed by atoms with Crippen LogP contribution in [0.2, 0.25) is 0 Å². The number of benzene rings is 1. The average molecular weight is 288 g/mol. The van der Waals surface area contributed by atoms with E-state index in [1.807, 2.05) is 6.92 Å². The lowest BCUT2D eigenvalue weighted by Crippen LogP contribution is -2.28. The summed E-state index contributed by atoms with van der Waals surface area (Å²) < 4.78 is 38.2. The van der Waals surface area contributed by atoms with Gasteiger partial charge in [-0.2, -0.15) is 13.2 Å². The number of halogens is 3. The maximum Gasteiger partial charge on any atom is 0.416 e. The predicted octanol–water partition coefficient (Wildman–Crippen LogP) is 3.62. The standard InChI is InChI=1S/C14H19F3N2O/c1-4-5-8-19(3)13(20)11-9-10(14(15,16)17)6-7-12(11)18-2/h6-7,9,18H,4-5,8H2,1-3H3. The van der Waals surface area contributed by atoms with E-state index in [1.54, 1.807) is 14.1 Å². The zero-order valence-corrected chi connectivity index (χ0v) is 11.8. The molecule has 0 aromatic heterocycles. The minimum Gasteiger partial charge on any atom is -0.387 e. The SMILES string of the molecule is CCCCN(C)C(=O)c1cc(C(F)(F)F)ccc1NC. The molecule has 0 aliphatic heterocycles. The topological polar surface area (TPSA) is 32.3 Å². The van der Waals surface area contributed by atoms with Gasteiger partial charge in [0.1, 0.15) is 0 Å². The highest BCUT2D eigenvalue weighted by molar-refractivity contribution is 5.99. The van der Waals surface area contributed by atoms with Crippen molar-refractivity contribution in [3.8, 4) is 0 Å². The molecule has 0 bridgehead atoms. The summed E-state index contributed by atoms with van der Waals surface area (Å²) in [4.78, 5) is 13.7. The molecule has 0 atom stereocenters. The molecule has 0 unspecified atom stereocenters. The van der Waals surface area contributed by atoms with Gasteiger partial charge in [0.25, 0.3) is 5.91 Å². The van der Waals surface area contributed by atoms with E-state index in [4.69, 9.17) is 0 Å². The zero-order chi connectivity index (χ0) is 15.3. The van der Waals surface area contributed by atoms with E-state index in [9.17, 15) is 18.0 Å². The molecule has 1 aromatic rings. The Bertz CT molecular complexity index is 472. The van der Waals surface area contributed by atoms with Gasteiger partial charge in [0.05, 0.1) is 11.1 Å². The van der Waals surface area contributed by atoms with Gasteiger partial charge in [-0.3, -0.25) is 4.79 Å². The number of hydrogen-bond acceptors (Lipinski definition) is 2. The van der Waals surface area contributed by atoms with Crippen LogP contribution in [-0.4, -0.2) is 31.4 Å². The van der Waals surface area contributed by atoms with Gasteiger partial charge in [0.2, 0.25) is 0 Å². The van der Waals surface area contributed by atoms with Crippen LogP contribution in [0, 0.1) is 0 Å². The number of rotatable bonds is 5. The Kier molecular flexibility index (Phi) is 5.42. The summed E-state index contributed by atoms with van der Waals surface area (Å²) in [5, 5.41) is 2.75. The van der Waals surface area contributed by atoms with E-state index in [1.165, 1.54) is 11.0 Å². The van der Waals surface area contributed by atoms with Crippen molar-refractivity contribution >= 4 is 11.6 Å². The number of alkyl halides is 3. The highest BCUT2D eigenvalue weighted by Gasteiger charge is 2.32. The summed E-state index contributed by atoms with van der Waals surface area (Å²) in [6.07, 6.45) is -2.72. The van der Waals surface area contributed by atoms with Crippen LogP contribution in [0.15, 0.2) is 18.2 Å². The first-order valence-corrected chi connectivity index (χ1v) is 6.45. The Morgan fingerprint density at radius 1 is 1.35 bits per heavy atom. The van der Waals surface area contributed by atoms with Gasteiger partial charge >= 0.3 is 6.18 Å². The fraction of sp³-hybridized carbons (Fsp3) is 0.500. The highest BCUT2D eigenvalue weighted by Crippen LogP contribution is 2.32. The van der Waals surface area contributed by atoms with Crippen LogP contribution in [0.5, 0.6) is 0 Å². The summed E-state index contributed by atoms with van der Waals surface area (Å²) in [5.74, 6) is -0.408. The van der Waals surface area contributed by atoms with Crippen LogP contribution in [0.4, 0.5) is 18.9 Å². The summed E-state index contributed by atoms with van der Waals surface area (Å²) >= 11 is 0. The Balaban J connectivity index is 3.10. The quantitative estimate of drug-likeness (QED) is 0.897. The number of hydrogen-bond donors (Lipinski definition) is 1. The third-order valence-electron chi connectivity index (χ3n) is 3.04. The smallest absolute Gasteiger partial charge is 0.387 e. The third kappa shape index (κ3) is 3.88. The number of unbranched alkanes of at least 4 members (excludes halogenated alkanes) is 1. The van der Waals surface area contributed by atoms with Crippen LogP contribution in [0.3, 0.4) is 0 Å². The molecule has 1 amide bonds. The molecule has 6 heteroatoms. The maximum absolute atomic E-state index is 12.7. The zero-order valence-electron chi connectivity index (χ0n) is 11.8. The van der Waals surface area contributed by atoms with E-state index in [-0.39, 0.29) is 5.56 Å². The Morgan fingerprint density at radius 3 is 2.50 bits per heavy atom. The predicted molar refractivity (Wildman–Crippen MR) is 72.9 cm³/mol. The monoisotopic (exact) mass is 288 g/mol. The van der Waals surface area contributed by atoms with Crippen LogP contribution in [0.25, 0.3) is 0 Å². The molecule has 0 saturated heterocycles. The minimum atomic E-state index is -4.46. The second-order valence-corrected chi connectivity index (χ2v) is 4.59. The number of nitrogens with zero attached hydrogens (tertiary/aromatic N) is 1. The molecule has 3 nitrogen and oxygen atoms in total. The van der Waals surface area contributed by atoms with Crippen molar-refractivity contribution in [2.24, 2.45) is 0 Å². The van der Waals surface area contributed by atoms with Crippen molar-refractivity contribution < 1.29 is 18.0 Å². The van der Waals surface area contributed by atoms with Crippen molar-refractivity contribution in [2.45, 2.75) is 25.9 Å². The van der Waals surface area contributed by atoms with Gasteiger partial charge in [0.15, 0.2) is 0 Å². The first-order chi connectivity index (χ1) is 9.31. The number of nitrogens with one attached hydrogen (secondary N) is 1. The minimum absolute atomic E-state index is 0.0425. The number of carbonyl (C=O) groups excluding carboxylic acids is 1. The van der Waals surface area contributed by atoms with Crippen molar-refractivity contribution in [1.82, 2.24) is 4.90 Å². The molecule has 1 aromatic carbocycles. The van der Waals surface area contributed by atoms with Crippen molar-refractivity contribution in [2.75, 3.05) is 26.0 Å². The Labute approximate surface area is 116 Å². The molecular formula is C14H19F3N2O. The number of carbonyl (C=O) groups is 1. The molecule has 0 saturated carbocycles. The average Bonchev–Trinajstić information content (AvgIpc) is 2.42. The first kappa shape index (κ1) is 16.3. The molecule has 0 spiro atoms. The normalized spacial score (nSPS) is 11.3. The van der Waals surface area contributed by atoms with E-state index >= 15 is 0 Å². The van der Waals surface area contributed by atoms with Gasteiger partial charge in [-0.1, -0.05) is 13.3 Å². The lowest BCUT2D eigenvalue weighted by molar-refractivity contribution is -0.137. The van der Waals surface area contributed by atoms with Gasteiger partial charge in [0, 0.05) is 26.3 Å². The first-order valence-electron chi connectivity index (χ1n) is 6.45. The lowest BCUT2D eigenvalue weighted by Gasteiger charge is -2.19. The highest BCUT2D eigenvalue weighted by atomic mass is 19.4. The maximum atomic E-state index is 12.7. The molecule has 0 radical (unpaired) electrons. The molecule has 20 heavy (non-hydrogen) atoms. The Morgan fingerprint density at radius 2 is 2.00 bits per heavy atom. The van der Waals surface area contributed by atoms with Crippen molar-refractivity contribution in [3.05, 3.63) is 29.3 Å². The van der Waals surface area contributed by atoms with Crippen LogP contribution in [-0.2, 0) is 6.18 Å². The van der Waals surface area contributed by atoms with Crippen LogP contribution < -0.4 is 5.32 Å². The summed E-state index contributed by atoms with van der Waals surface area (Å²) in [6, 6.07) is 3.15. The summed E-state index contributed by atoms with van der Waals surface area (Å²) in [5.41, 5.74) is -0.379. The summed E-state index contributed by atoms with van der Waals surface area (Å²) in [6.45, 7) is 2.51. The molecule has 0 aliphatic rings. The molecule has 1 N–H and O–H groups in total. The number of anilines is 1. The van der Waals surface area contributed by atoms with E-state index in [2.05, 4.69) is 5.32 Å². The van der Waals surface area contributed by atoms with E-state index in [0.717, 1.165) is 25.0 Å². The van der Waals surface area contributed by atoms with E-state index < -0.39 is 17.6 Å². The van der Waals surface area contributed by atoms with Crippen LogP contribution in [0.1, 0.15) is 35.7 Å². The fourth-order valence-electron chi connectivity index (χ4n) is 1.82. The van der Waals surface area contributed by atoms with Crippen molar-refractivity contribution in [1.29, 1.82) is 0 Å². The molecule has 0 heterocycles. The molecule has 0 fully saturated rings. The Hall–Kier alpha value is -1.72. The summed E-state index contributed by atoms with van der Waals surface area (Å²) in [7, 11) is 3.17. The van der Waals surface area contributed by atoms with Crippen molar-refractivity contribution in [3.63, 3.8) is 0 Å². The second kappa shape index (κ2) is 6.63. The molecule has 112 valence electrons. The molecule has 0 aliphatic carbocycles. The van der Waals surface area contributed by atoms with E-state index in [0.29, 0.717) is 12.2 Å². The lowest BCUT2D eigenvalue weighted by atomic mass is 10.1. The fourth-order valence-corrected chi connectivity index (χ4v) is 1.82. The van der Waals surface area contributed by atoms with Gasteiger partial charge < -0.3 is 10.2 Å². The largest absolute Gasteiger partial charge is 0.416 e. The van der Waals surface area contributed by atoms with Gasteiger partial charge in [-0.15, -0.1) is 0 Å². The molecule has 1 rings (SSSR count). The molecular weight excluding hydrogens is 269 g/mol. The number of amides is 1.